The first kappa shape index (κ1) is 28.6. The standard InChI is InChI=1S/C21H26F12O2/c1-15(22)17(23,24)18(25,26)19(15,27)35-14-9-5-12(6-10-14)16(20(28,29)30,21(31,32)33)11-3-7-13(34-2)8-4-11/h11-14H,3-10H2,1-2H3. The Bertz CT molecular complexity index is 727. The molecule has 0 bridgehead atoms. The van der Waals surface area contributed by atoms with Crippen LogP contribution >= 0.6 is 0 Å². The molecule has 3 fully saturated rings. The molecule has 3 aliphatic carbocycles. The molecule has 0 saturated heterocycles. The molecule has 206 valence electrons. The van der Waals surface area contributed by atoms with Crippen LogP contribution in [0.15, 0.2) is 0 Å². The first-order chi connectivity index (χ1) is 15.7. The zero-order valence-electron chi connectivity index (χ0n) is 18.8. The second-order valence-electron chi connectivity index (χ2n) is 9.91. The number of alkyl halides is 12. The van der Waals surface area contributed by atoms with Crippen LogP contribution in [-0.2, 0) is 9.47 Å². The lowest BCUT2D eigenvalue weighted by atomic mass is 9.57. The topological polar surface area (TPSA) is 18.5 Å². The van der Waals surface area contributed by atoms with Gasteiger partial charge in [-0.15, -0.1) is 0 Å². The van der Waals surface area contributed by atoms with Crippen molar-refractivity contribution in [1.29, 1.82) is 0 Å². The summed E-state index contributed by atoms with van der Waals surface area (Å²) in [5.74, 6) is -19.6. The number of methoxy groups -OCH3 is 1. The molecule has 0 spiro atoms. The van der Waals surface area contributed by atoms with Crippen LogP contribution in [0, 0.1) is 17.3 Å². The van der Waals surface area contributed by atoms with Crippen LogP contribution in [0.25, 0.3) is 0 Å². The molecule has 35 heavy (non-hydrogen) atoms. The second kappa shape index (κ2) is 8.56. The van der Waals surface area contributed by atoms with Crippen molar-refractivity contribution in [1.82, 2.24) is 0 Å². The van der Waals surface area contributed by atoms with Crippen molar-refractivity contribution in [2.24, 2.45) is 17.3 Å². The van der Waals surface area contributed by atoms with Crippen LogP contribution in [0.2, 0.25) is 0 Å². The van der Waals surface area contributed by atoms with Crippen molar-refractivity contribution in [2.45, 2.75) is 106 Å². The van der Waals surface area contributed by atoms with Crippen LogP contribution in [0.5, 0.6) is 0 Å². The van der Waals surface area contributed by atoms with Crippen LogP contribution in [0.3, 0.4) is 0 Å². The van der Waals surface area contributed by atoms with E-state index in [1.54, 1.807) is 0 Å². The van der Waals surface area contributed by atoms with Gasteiger partial charge in [0.15, 0.2) is 5.41 Å². The van der Waals surface area contributed by atoms with Crippen LogP contribution in [-0.4, -0.2) is 55.0 Å². The Kier molecular flexibility index (Phi) is 7.00. The van der Waals surface area contributed by atoms with E-state index in [0.717, 1.165) is 0 Å². The fraction of sp³-hybridized carbons (Fsp3) is 1.00. The van der Waals surface area contributed by atoms with E-state index in [-0.39, 0.29) is 19.8 Å². The first-order valence-corrected chi connectivity index (χ1v) is 11.2. The predicted octanol–water partition coefficient (Wildman–Crippen LogP) is 7.56. The number of rotatable bonds is 5. The normalized spacial score (nSPS) is 40.3. The van der Waals surface area contributed by atoms with E-state index in [1.807, 2.05) is 0 Å². The summed E-state index contributed by atoms with van der Waals surface area (Å²) in [6.07, 6.45) is -17.8. The molecule has 0 radical (unpaired) electrons. The monoisotopic (exact) mass is 538 g/mol. The molecule has 0 heterocycles. The molecule has 2 atom stereocenters. The number of hydrogen-bond acceptors (Lipinski definition) is 2. The maximum Gasteiger partial charge on any atom is 0.403 e. The SMILES string of the molecule is COC1CCC(C(C2CCC(OC3(F)C(C)(F)C(F)(F)C3(F)F)CC2)(C(F)(F)F)C(F)(F)F)CC1. The lowest BCUT2D eigenvalue weighted by Crippen LogP contribution is -2.86. The Labute approximate surface area is 193 Å². The van der Waals surface area contributed by atoms with Gasteiger partial charge >= 0.3 is 30.1 Å². The van der Waals surface area contributed by atoms with Crippen LogP contribution < -0.4 is 0 Å². The highest BCUT2D eigenvalue weighted by molar-refractivity contribution is 5.26. The fourth-order valence-corrected chi connectivity index (χ4v) is 6.16. The maximum atomic E-state index is 14.6. The summed E-state index contributed by atoms with van der Waals surface area (Å²) in [7, 11) is 1.30. The van der Waals surface area contributed by atoms with E-state index in [0.29, 0.717) is 0 Å². The molecule has 3 aliphatic rings. The van der Waals surface area contributed by atoms with E-state index in [1.165, 1.54) is 7.11 Å². The molecular formula is C21H26F12O2. The lowest BCUT2D eigenvalue weighted by molar-refractivity contribution is -0.504. The third-order valence-electron chi connectivity index (χ3n) is 8.23. The average Bonchev–Trinajstić information content (AvgIpc) is 2.73. The van der Waals surface area contributed by atoms with E-state index in [9.17, 15) is 52.7 Å². The molecule has 14 heteroatoms. The Morgan fingerprint density at radius 3 is 1.29 bits per heavy atom. The molecule has 0 aromatic carbocycles. The van der Waals surface area contributed by atoms with Crippen molar-refractivity contribution in [3.63, 3.8) is 0 Å². The molecule has 0 amide bonds. The van der Waals surface area contributed by atoms with Crippen LogP contribution in [0.4, 0.5) is 52.7 Å². The summed E-state index contributed by atoms with van der Waals surface area (Å²) in [5, 5.41) is 0. The van der Waals surface area contributed by atoms with E-state index < -0.39 is 104 Å². The molecule has 0 aromatic heterocycles. The van der Waals surface area contributed by atoms with Gasteiger partial charge in [0.1, 0.15) is 0 Å². The van der Waals surface area contributed by atoms with Crippen molar-refractivity contribution >= 4 is 0 Å². The minimum absolute atomic E-state index is 0.0176. The lowest BCUT2D eigenvalue weighted by Gasteiger charge is -2.57. The Balaban J connectivity index is 1.83. The largest absolute Gasteiger partial charge is 0.403 e. The fourth-order valence-electron chi connectivity index (χ4n) is 6.16. The van der Waals surface area contributed by atoms with E-state index in [4.69, 9.17) is 4.74 Å². The van der Waals surface area contributed by atoms with Gasteiger partial charge in [0, 0.05) is 7.11 Å². The molecule has 0 aromatic rings. The summed E-state index contributed by atoms with van der Waals surface area (Å²) in [4.78, 5) is 0. The molecule has 3 saturated carbocycles. The summed E-state index contributed by atoms with van der Waals surface area (Å²) in [6, 6.07) is 0. The number of hydrogen-bond donors (Lipinski definition) is 0. The van der Waals surface area contributed by atoms with Gasteiger partial charge in [-0.3, -0.25) is 0 Å². The van der Waals surface area contributed by atoms with Crippen LogP contribution in [0.1, 0.15) is 58.3 Å². The third-order valence-corrected chi connectivity index (χ3v) is 8.23. The van der Waals surface area contributed by atoms with Gasteiger partial charge in [-0.2, -0.15) is 43.9 Å². The van der Waals surface area contributed by atoms with Crippen molar-refractivity contribution in [2.75, 3.05) is 7.11 Å². The van der Waals surface area contributed by atoms with Crippen molar-refractivity contribution < 1.29 is 62.2 Å². The molecule has 2 nitrogen and oxygen atoms in total. The quantitative estimate of drug-likeness (QED) is 0.337. The Hall–Kier alpha value is -0.920. The molecule has 0 aliphatic heterocycles. The van der Waals surface area contributed by atoms with Gasteiger partial charge in [0.25, 0.3) is 0 Å². The number of halogens is 12. The minimum atomic E-state index is -5.71. The first-order valence-electron chi connectivity index (χ1n) is 11.2. The van der Waals surface area contributed by atoms with Gasteiger partial charge in [0.05, 0.1) is 12.2 Å². The summed E-state index contributed by atoms with van der Waals surface area (Å²) in [6.45, 7) is -0.134. The summed E-state index contributed by atoms with van der Waals surface area (Å²) in [5.41, 5.74) is -8.55. The Morgan fingerprint density at radius 2 is 0.971 bits per heavy atom. The summed E-state index contributed by atoms with van der Waals surface area (Å²) >= 11 is 0. The minimum Gasteiger partial charge on any atom is -0.381 e. The van der Waals surface area contributed by atoms with Gasteiger partial charge in [-0.25, -0.2) is 8.78 Å². The van der Waals surface area contributed by atoms with Gasteiger partial charge < -0.3 is 9.47 Å². The maximum absolute atomic E-state index is 14.6. The zero-order chi connectivity index (χ0) is 26.9. The Morgan fingerprint density at radius 1 is 0.600 bits per heavy atom. The molecule has 3 rings (SSSR count). The molecule has 0 N–H and O–H groups in total. The highest BCUT2D eigenvalue weighted by Crippen LogP contribution is 2.69. The van der Waals surface area contributed by atoms with Gasteiger partial charge in [-0.1, -0.05) is 0 Å². The van der Waals surface area contributed by atoms with Crippen molar-refractivity contribution in [3.8, 4) is 0 Å². The zero-order valence-corrected chi connectivity index (χ0v) is 18.8. The summed E-state index contributed by atoms with van der Waals surface area (Å²) < 4.78 is 178. The van der Waals surface area contributed by atoms with E-state index in [2.05, 4.69) is 4.74 Å². The van der Waals surface area contributed by atoms with Gasteiger partial charge in [0.2, 0.25) is 5.67 Å². The highest BCUT2D eigenvalue weighted by Gasteiger charge is 2.98. The van der Waals surface area contributed by atoms with E-state index >= 15 is 0 Å². The van der Waals surface area contributed by atoms with Gasteiger partial charge in [-0.05, 0) is 70.1 Å². The smallest absolute Gasteiger partial charge is 0.381 e. The second-order valence-corrected chi connectivity index (χ2v) is 9.91. The highest BCUT2D eigenvalue weighted by atomic mass is 19.4. The predicted molar refractivity (Wildman–Crippen MR) is 97.4 cm³/mol. The molecular weight excluding hydrogens is 512 g/mol. The average molecular weight is 538 g/mol. The number of ether oxygens (including phenoxy) is 2. The molecule has 2 unspecified atom stereocenters. The van der Waals surface area contributed by atoms with Crippen molar-refractivity contribution in [3.05, 3.63) is 0 Å². The third kappa shape index (κ3) is 3.77.